The zero-order valence-corrected chi connectivity index (χ0v) is 15.1. The molecular weight excluding hydrogens is 367 g/mol. The molecule has 0 aromatic carbocycles. The van der Waals surface area contributed by atoms with Gasteiger partial charge in [0.05, 0.1) is 17.4 Å². The second-order valence-corrected chi connectivity index (χ2v) is 6.84. The summed E-state index contributed by atoms with van der Waals surface area (Å²) in [6, 6.07) is 2.54. The van der Waals surface area contributed by atoms with Crippen LogP contribution in [0.2, 0.25) is 0 Å². The van der Waals surface area contributed by atoms with Crippen LogP contribution >= 0.6 is 0 Å². The Balaban J connectivity index is 1.63. The number of halogens is 1. The molecule has 0 radical (unpaired) electrons. The minimum absolute atomic E-state index is 0.0172. The SMILES string of the molecule is NC(=O)c1cc(F)c(NC2CCCCC2N)nc1Nc1cnc2c(c1)OCO2. The molecule has 9 nitrogen and oxygen atoms in total. The lowest BCUT2D eigenvalue weighted by molar-refractivity contribution is 0.100. The number of nitrogens with one attached hydrogen (secondary N) is 2. The summed E-state index contributed by atoms with van der Waals surface area (Å²) < 4.78 is 25.0. The largest absolute Gasteiger partial charge is 0.452 e. The summed E-state index contributed by atoms with van der Waals surface area (Å²) in [6.45, 7) is 0.0861. The Morgan fingerprint density at radius 3 is 2.82 bits per heavy atom. The molecule has 2 aliphatic rings. The number of carbonyl (C=O) groups is 1. The third kappa shape index (κ3) is 3.63. The number of carbonyl (C=O) groups excluding carboxylic acids is 1. The van der Waals surface area contributed by atoms with Gasteiger partial charge in [-0.05, 0) is 18.9 Å². The number of rotatable bonds is 5. The summed E-state index contributed by atoms with van der Waals surface area (Å²) in [5.41, 5.74) is 11.9. The molecule has 28 heavy (non-hydrogen) atoms. The smallest absolute Gasteiger partial charge is 0.260 e. The molecule has 1 saturated carbocycles. The van der Waals surface area contributed by atoms with Crippen LogP contribution in [0.4, 0.5) is 21.7 Å². The van der Waals surface area contributed by atoms with Gasteiger partial charge in [-0.2, -0.15) is 0 Å². The molecule has 6 N–H and O–H groups in total. The Hall–Kier alpha value is -3.14. The van der Waals surface area contributed by atoms with Gasteiger partial charge in [0.2, 0.25) is 6.79 Å². The van der Waals surface area contributed by atoms with Gasteiger partial charge in [-0.3, -0.25) is 4.79 Å². The number of pyridine rings is 2. The maximum Gasteiger partial charge on any atom is 0.260 e. The van der Waals surface area contributed by atoms with Crippen molar-refractivity contribution in [2.75, 3.05) is 17.4 Å². The van der Waals surface area contributed by atoms with Crippen molar-refractivity contribution < 1.29 is 18.7 Å². The van der Waals surface area contributed by atoms with Crippen molar-refractivity contribution in [1.29, 1.82) is 0 Å². The molecule has 1 aliphatic carbocycles. The Morgan fingerprint density at radius 1 is 1.21 bits per heavy atom. The van der Waals surface area contributed by atoms with Gasteiger partial charge in [0.15, 0.2) is 17.4 Å². The quantitative estimate of drug-likeness (QED) is 0.609. The molecule has 2 aromatic heterocycles. The van der Waals surface area contributed by atoms with Gasteiger partial charge < -0.3 is 31.6 Å². The number of anilines is 3. The van der Waals surface area contributed by atoms with Crippen LogP contribution in [0.15, 0.2) is 18.3 Å². The molecule has 0 spiro atoms. The predicted molar refractivity (Wildman–Crippen MR) is 100 cm³/mol. The van der Waals surface area contributed by atoms with Crippen LogP contribution in [0.3, 0.4) is 0 Å². The van der Waals surface area contributed by atoms with Gasteiger partial charge in [-0.15, -0.1) is 0 Å². The molecule has 2 unspecified atom stereocenters. The summed E-state index contributed by atoms with van der Waals surface area (Å²) in [6.07, 6.45) is 5.26. The minimum atomic E-state index is -0.802. The minimum Gasteiger partial charge on any atom is -0.452 e. The molecule has 1 amide bonds. The lowest BCUT2D eigenvalue weighted by Crippen LogP contribution is -2.43. The number of fused-ring (bicyclic) bond motifs is 1. The van der Waals surface area contributed by atoms with Gasteiger partial charge in [0.1, 0.15) is 5.82 Å². The third-order valence-corrected chi connectivity index (χ3v) is 4.87. The van der Waals surface area contributed by atoms with E-state index in [9.17, 15) is 9.18 Å². The number of ether oxygens (including phenoxy) is 2. The molecule has 148 valence electrons. The van der Waals surface area contributed by atoms with Crippen molar-refractivity contribution >= 4 is 23.2 Å². The average Bonchev–Trinajstić information content (AvgIpc) is 3.13. The van der Waals surface area contributed by atoms with Gasteiger partial charge >= 0.3 is 0 Å². The Bertz CT molecular complexity index is 909. The molecule has 3 heterocycles. The molecule has 1 aliphatic heterocycles. The zero-order valence-electron chi connectivity index (χ0n) is 15.1. The maximum atomic E-state index is 14.5. The molecule has 1 fully saturated rings. The van der Waals surface area contributed by atoms with E-state index in [4.69, 9.17) is 20.9 Å². The number of primary amides is 1. The van der Waals surface area contributed by atoms with Crippen LogP contribution in [-0.2, 0) is 0 Å². The molecule has 2 atom stereocenters. The monoisotopic (exact) mass is 388 g/mol. The fourth-order valence-corrected chi connectivity index (χ4v) is 3.39. The average molecular weight is 388 g/mol. The standard InChI is InChI=1S/C18H21FN6O3/c19-11-6-10(15(21)26)16(23-9-5-14-18(22-7-9)28-8-27-14)25-17(11)24-13-4-2-1-3-12(13)20/h5-7,12-13H,1-4,8,20H2,(H2,21,26)(H2,23,24,25). The number of nitrogens with zero attached hydrogens (tertiary/aromatic N) is 2. The highest BCUT2D eigenvalue weighted by Gasteiger charge is 2.25. The van der Waals surface area contributed by atoms with Crippen LogP contribution in [0, 0.1) is 5.82 Å². The van der Waals surface area contributed by atoms with E-state index in [0.29, 0.717) is 17.3 Å². The number of hydrogen-bond donors (Lipinski definition) is 4. The molecule has 2 aromatic rings. The Morgan fingerprint density at radius 2 is 2.04 bits per heavy atom. The number of nitrogens with two attached hydrogens (primary N) is 2. The Kier molecular flexibility index (Phi) is 4.86. The van der Waals surface area contributed by atoms with Gasteiger partial charge in [-0.1, -0.05) is 12.8 Å². The summed E-state index contributed by atoms with van der Waals surface area (Å²) in [4.78, 5) is 20.2. The maximum absolute atomic E-state index is 14.5. The number of aromatic nitrogens is 2. The van der Waals surface area contributed by atoms with E-state index < -0.39 is 11.7 Å². The predicted octanol–water partition coefficient (Wildman–Crippen LogP) is 1.87. The molecule has 10 heteroatoms. The normalized spacial score (nSPS) is 20.6. The van der Waals surface area contributed by atoms with E-state index in [0.717, 1.165) is 31.7 Å². The molecule has 4 rings (SSSR count). The van der Waals surface area contributed by atoms with E-state index in [1.54, 1.807) is 6.07 Å². The second-order valence-electron chi connectivity index (χ2n) is 6.84. The summed E-state index contributed by atoms with van der Waals surface area (Å²) in [7, 11) is 0. The highest BCUT2D eigenvalue weighted by molar-refractivity contribution is 5.98. The van der Waals surface area contributed by atoms with Crippen molar-refractivity contribution in [2.45, 2.75) is 37.8 Å². The van der Waals surface area contributed by atoms with Crippen LogP contribution in [0.25, 0.3) is 0 Å². The Labute approximate surface area is 160 Å². The van der Waals surface area contributed by atoms with Crippen LogP contribution in [-0.4, -0.2) is 34.8 Å². The molecule has 0 saturated heterocycles. The summed E-state index contributed by atoms with van der Waals surface area (Å²) in [5.74, 6) is -0.505. The van der Waals surface area contributed by atoms with Gasteiger partial charge in [0, 0.05) is 18.2 Å². The van der Waals surface area contributed by atoms with E-state index >= 15 is 0 Å². The van der Waals surface area contributed by atoms with E-state index in [-0.39, 0.29) is 36.1 Å². The summed E-state index contributed by atoms with van der Waals surface area (Å²) in [5, 5.41) is 6.02. The van der Waals surface area contributed by atoms with Crippen LogP contribution < -0.4 is 31.6 Å². The van der Waals surface area contributed by atoms with Crippen LogP contribution in [0.1, 0.15) is 36.0 Å². The molecular formula is C18H21FN6O3. The summed E-state index contributed by atoms with van der Waals surface area (Å²) >= 11 is 0. The van der Waals surface area contributed by atoms with Crippen molar-refractivity contribution in [3.05, 3.63) is 29.7 Å². The van der Waals surface area contributed by atoms with Crippen molar-refractivity contribution in [3.63, 3.8) is 0 Å². The van der Waals surface area contributed by atoms with Crippen molar-refractivity contribution in [1.82, 2.24) is 9.97 Å². The first-order valence-corrected chi connectivity index (χ1v) is 9.06. The van der Waals surface area contributed by atoms with Crippen molar-refractivity contribution in [2.24, 2.45) is 11.5 Å². The van der Waals surface area contributed by atoms with Crippen molar-refractivity contribution in [3.8, 4) is 11.6 Å². The van der Waals surface area contributed by atoms with E-state index in [1.165, 1.54) is 6.20 Å². The first-order valence-electron chi connectivity index (χ1n) is 9.06. The lowest BCUT2D eigenvalue weighted by Gasteiger charge is -2.30. The highest BCUT2D eigenvalue weighted by atomic mass is 19.1. The third-order valence-electron chi connectivity index (χ3n) is 4.87. The molecule has 0 bridgehead atoms. The van der Waals surface area contributed by atoms with Gasteiger partial charge in [0.25, 0.3) is 11.8 Å². The number of amides is 1. The highest BCUT2D eigenvalue weighted by Crippen LogP contribution is 2.33. The van der Waals surface area contributed by atoms with Gasteiger partial charge in [-0.25, -0.2) is 14.4 Å². The lowest BCUT2D eigenvalue weighted by atomic mass is 9.91. The van der Waals surface area contributed by atoms with E-state index in [2.05, 4.69) is 20.6 Å². The topological polar surface area (TPSA) is 137 Å². The second kappa shape index (κ2) is 7.47. The van der Waals surface area contributed by atoms with Crippen LogP contribution in [0.5, 0.6) is 11.6 Å². The first-order chi connectivity index (χ1) is 13.5. The number of hydrogen-bond acceptors (Lipinski definition) is 8. The first kappa shape index (κ1) is 18.2. The van der Waals surface area contributed by atoms with E-state index in [1.807, 2.05) is 0 Å². The fraction of sp³-hybridized carbons (Fsp3) is 0.389. The zero-order chi connectivity index (χ0) is 19.7. The fourth-order valence-electron chi connectivity index (χ4n) is 3.39.